The predicted octanol–water partition coefficient (Wildman–Crippen LogP) is 2.94. The van der Waals surface area contributed by atoms with Crippen molar-refractivity contribution in [1.82, 2.24) is 0 Å². The van der Waals surface area contributed by atoms with Crippen LogP contribution >= 0.6 is 0 Å². The van der Waals surface area contributed by atoms with E-state index in [0.29, 0.717) is 0 Å². The largest absolute Gasteiger partial charge is 0.324 e. The monoisotopic (exact) mass is 254 g/mol. The second-order valence-electron chi connectivity index (χ2n) is 4.64. The molecule has 0 spiro atoms. The molecule has 3 nitrogen and oxygen atoms in total. The van der Waals surface area contributed by atoms with Gasteiger partial charge in [-0.05, 0) is 30.5 Å². The normalized spacial score (nSPS) is 11.9. The van der Waals surface area contributed by atoms with Crippen LogP contribution in [0.4, 0.5) is 5.69 Å². The smallest absolute Gasteiger partial charge is 0.245 e. The summed E-state index contributed by atoms with van der Waals surface area (Å²) in [5.74, 6) is -0.191. The molecule has 0 aromatic heterocycles. The fourth-order valence-electron chi connectivity index (χ4n) is 2.02. The summed E-state index contributed by atoms with van der Waals surface area (Å²) in [7, 11) is 0. The Morgan fingerprint density at radius 1 is 1.00 bits per heavy atom. The van der Waals surface area contributed by atoms with E-state index in [1.54, 1.807) is 0 Å². The van der Waals surface area contributed by atoms with Gasteiger partial charge in [-0.2, -0.15) is 0 Å². The van der Waals surface area contributed by atoms with Gasteiger partial charge in [0.25, 0.3) is 0 Å². The Kier molecular flexibility index (Phi) is 3.97. The van der Waals surface area contributed by atoms with Crippen molar-refractivity contribution in [2.75, 3.05) is 5.32 Å². The van der Waals surface area contributed by atoms with Gasteiger partial charge in [-0.25, -0.2) is 0 Å². The van der Waals surface area contributed by atoms with Gasteiger partial charge in [0.15, 0.2) is 0 Å². The molecule has 19 heavy (non-hydrogen) atoms. The summed E-state index contributed by atoms with van der Waals surface area (Å²) in [4.78, 5) is 12.2. The maximum absolute atomic E-state index is 12.2. The predicted molar refractivity (Wildman–Crippen MR) is 77.9 cm³/mol. The lowest BCUT2D eigenvalue weighted by atomic mass is 10.1. The molecule has 0 heterocycles. The number of carbonyl (C=O) groups excluding carboxylic acids is 1. The number of benzene rings is 2. The van der Waals surface area contributed by atoms with Crippen LogP contribution in [0.25, 0.3) is 0 Å². The Balaban J connectivity index is 2.18. The molecule has 0 saturated heterocycles. The number of hydrogen-bond acceptors (Lipinski definition) is 2. The molecule has 0 fully saturated rings. The first-order chi connectivity index (χ1) is 9.09. The number of carbonyl (C=O) groups is 1. The highest BCUT2D eigenvalue weighted by Crippen LogP contribution is 2.21. The summed E-state index contributed by atoms with van der Waals surface area (Å²) in [6.45, 7) is 3.94. The third-order valence-electron chi connectivity index (χ3n) is 3.17. The highest BCUT2D eigenvalue weighted by atomic mass is 16.2. The second kappa shape index (κ2) is 5.67. The molecular formula is C16H18N2O. The number of nitrogens with two attached hydrogens (primary N) is 1. The Hall–Kier alpha value is -2.13. The fourth-order valence-corrected chi connectivity index (χ4v) is 2.02. The Morgan fingerprint density at radius 2 is 1.58 bits per heavy atom. The van der Waals surface area contributed by atoms with Crippen molar-refractivity contribution >= 4 is 11.6 Å². The Bertz CT molecular complexity index is 558. The third-order valence-corrected chi connectivity index (χ3v) is 3.17. The average molecular weight is 254 g/mol. The standard InChI is InChI=1S/C16H18N2O/c1-11-7-6-8-12(2)15(11)18-16(19)14(17)13-9-4-3-5-10-13/h3-10,14H,17H2,1-2H3,(H,18,19)/t14-/m1/s1. The van der Waals surface area contributed by atoms with Crippen molar-refractivity contribution in [2.24, 2.45) is 5.73 Å². The van der Waals surface area contributed by atoms with Crippen LogP contribution in [0.2, 0.25) is 0 Å². The quantitative estimate of drug-likeness (QED) is 0.884. The van der Waals surface area contributed by atoms with Crippen LogP contribution in [0, 0.1) is 13.8 Å². The van der Waals surface area contributed by atoms with Gasteiger partial charge in [0.2, 0.25) is 5.91 Å². The number of nitrogens with one attached hydrogen (secondary N) is 1. The van der Waals surface area contributed by atoms with Crippen LogP contribution in [-0.2, 0) is 4.79 Å². The van der Waals surface area contributed by atoms with Gasteiger partial charge in [-0.1, -0.05) is 48.5 Å². The number of hydrogen-bond donors (Lipinski definition) is 2. The molecule has 1 amide bonds. The van der Waals surface area contributed by atoms with Gasteiger partial charge in [0, 0.05) is 5.69 Å². The van der Waals surface area contributed by atoms with Crippen LogP contribution in [0.15, 0.2) is 48.5 Å². The number of aryl methyl sites for hydroxylation is 2. The van der Waals surface area contributed by atoms with E-state index in [2.05, 4.69) is 5.32 Å². The van der Waals surface area contributed by atoms with Gasteiger partial charge in [0.1, 0.15) is 6.04 Å². The lowest BCUT2D eigenvalue weighted by molar-refractivity contribution is -0.117. The lowest BCUT2D eigenvalue weighted by Gasteiger charge is -2.15. The molecule has 0 radical (unpaired) electrons. The molecule has 3 N–H and O–H groups in total. The SMILES string of the molecule is Cc1cccc(C)c1NC(=O)[C@H](N)c1ccccc1. The zero-order valence-electron chi connectivity index (χ0n) is 11.2. The van der Waals surface area contributed by atoms with Crippen molar-refractivity contribution in [3.63, 3.8) is 0 Å². The first-order valence-corrected chi connectivity index (χ1v) is 6.27. The van der Waals surface area contributed by atoms with E-state index in [1.165, 1.54) is 0 Å². The number of amides is 1. The molecular weight excluding hydrogens is 236 g/mol. The van der Waals surface area contributed by atoms with Crippen molar-refractivity contribution in [2.45, 2.75) is 19.9 Å². The molecule has 0 aliphatic heterocycles. The van der Waals surface area contributed by atoms with Crippen LogP contribution in [-0.4, -0.2) is 5.91 Å². The van der Waals surface area contributed by atoms with E-state index < -0.39 is 6.04 Å². The highest BCUT2D eigenvalue weighted by Gasteiger charge is 2.16. The molecule has 0 aliphatic rings. The van der Waals surface area contributed by atoms with E-state index in [9.17, 15) is 4.79 Å². The van der Waals surface area contributed by atoms with Crippen molar-refractivity contribution in [3.05, 3.63) is 65.2 Å². The topological polar surface area (TPSA) is 55.1 Å². The summed E-state index contributed by atoms with van der Waals surface area (Å²) >= 11 is 0. The van der Waals surface area contributed by atoms with Crippen LogP contribution in [0.1, 0.15) is 22.7 Å². The Labute approximate surface area is 113 Å². The molecule has 0 saturated carbocycles. The van der Waals surface area contributed by atoms with Crippen LogP contribution in [0.3, 0.4) is 0 Å². The van der Waals surface area contributed by atoms with Crippen molar-refractivity contribution < 1.29 is 4.79 Å². The van der Waals surface area contributed by atoms with E-state index in [1.807, 2.05) is 62.4 Å². The van der Waals surface area contributed by atoms with E-state index in [4.69, 9.17) is 5.73 Å². The highest BCUT2D eigenvalue weighted by molar-refractivity contribution is 5.96. The number of para-hydroxylation sites is 1. The fraction of sp³-hybridized carbons (Fsp3) is 0.188. The summed E-state index contributed by atoms with van der Waals surface area (Å²) in [6, 6.07) is 14.6. The van der Waals surface area contributed by atoms with Gasteiger partial charge >= 0.3 is 0 Å². The number of rotatable bonds is 3. The first-order valence-electron chi connectivity index (χ1n) is 6.27. The minimum absolute atomic E-state index is 0.191. The molecule has 2 aromatic rings. The molecule has 98 valence electrons. The van der Waals surface area contributed by atoms with Gasteiger partial charge in [-0.3, -0.25) is 4.79 Å². The minimum Gasteiger partial charge on any atom is -0.324 e. The van der Waals surface area contributed by atoms with Gasteiger partial charge in [-0.15, -0.1) is 0 Å². The minimum atomic E-state index is -0.653. The van der Waals surface area contributed by atoms with E-state index in [-0.39, 0.29) is 5.91 Å². The van der Waals surface area contributed by atoms with Crippen molar-refractivity contribution in [3.8, 4) is 0 Å². The maximum Gasteiger partial charge on any atom is 0.245 e. The third kappa shape index (κ3) is 3.01. The molecule has 2 aromatic carbocycles. The van der Waals surface area contributed by atoms with Crippen LogP contribution in [0.5, 0.6) is 0 Å². The first kappa shape index (κ1) is 13.3. The van der Waals surface area contributed by atoms with Gasteiger partial charge < -0.3 is 11.1 Å². The second-order valence-corrected chi connectivity index (χ2v) is 4.64. The lowest BCUT2D eigenvalue weighted by Crippen LogP contribution is -2.28. The van der Waals surface area contributed by atoms with Gasteiger partial charge in [0.05, 0.1) is 0 Å². The number of anilines is 1. The summed E-state index contributed by atoms with van der Waals surface area (Å²) in [6.07, 6.45) is 0. The molecule has 2 rings (SSSR count). The van der Waals surface area contributed by atoms with Crippen molar-refractivity contribution in [1.29, 1.82) is 0 Å². The molecule has 0 unspecified atom stereocenters. The summed E-state index contributed by atoms with van der Waals surface area (Å²) in [5.41, 5.74) is 9.70. The Morgan fingerprint density at radius 3 is 2.16 bits per heavy atom. The van der Waals surface area contributed by atoms with E-state index >= 15 is 0 Å². The molecule has 1 atom stereocenters. The van der Waals surface area contributed by atoms with Crippen LogP contribution < -0.4 is 11.1 Å². The molecule has 0 aliphatic carbocycles. The maximum atomic E-state index is 12.2. The average Bonchev–Trinajstić information content (AvgIpc) is 2.43. The summed E-state index contributed by atoms with van der Waals surface area (Å²) < 4.78 is 0. The van der Waals surface area contributed by atoms with E-state index in [0.717, 1.165) is 22.4 Å². The molecule has 3 heteroatoms. The zero-order chi connectivity index (χ0) is 13.8. The zero-order valence-corrected chi connectivity index (χ0v) is 11.2. The summed E-state index contributed by atoms with van der Waals surface area (Å²) in [5, 5.41) is 2.91. The molecule has 0 bridgehead atoms.